The summed E-state index contributed by atoms with van der Waals surface area (Å²) in [6, 6.07) is 2.08. The van der Waals surface area contributed by atoms with E-state index in [-0.39, 0.29) is 11.9 Å². The maximum absolute atomic E-state index is 12.2. The summed E-state index contributed by atoms with van der Waals surface area (Å²) in [7, 11) is 0. The van der Waals surface area contributed by atoms with Gasteiger partial charge in [-0.2, -0.15) is 5.10 Å². The molecule has 2 N–H and O–H groups in total. The van der Waals surface area contributed by atoms with Crippen molar-refractivity contribution < 1.29 is 4.79 Å². The molecule has 2 atom stereocenters. The van der Waals surface area contributed by atoms with Crippen LogP contribution in [0.5, 0.6) is 0 Å². The van der Waals surface area contributed by atoms with Crippen molar-refractivity contribution in [3.8, 4) is 0 Å². The van der Waals surface area contributed by atoms with E-state index in [9.17, 15) is 4.79 Å². The zero-order valence-electron chi connectivity index (χ0n) is 11.4. The first kappa shape index (κ1) is 13.1. The van der Waals surface area contributed by atoms with Gasteiger partial charge in [0.15, 0.2) is 0 Å². The van der Waals surface area contributed by atoms with Gasteiger partial charge in [0.25, 0.3) is 0 Å². The normalized spacial score (nSPS) is 24.3. The average molecular weight is 250 g/mol. The van der Waals surface area contributed by atoms with Crippen LogP contribution in [-0.4, -0.2) is 39.7 Å². The molecule has 1 fully saturated rings. The number of amides is 1. The summed E-state index contributed by atoms with van der Waals surface area (Å²) in [6.45, 7) is 7.85. The molecule has 1 aliphatic heterocycles. The molecule has 1 aromatic heterocycles. The van der Waals surface area contributed by atoms with E-state index >= 15 is 0 Å². The quantitative estimate of drug-likeness (QED) is 0.840. The third kappa shape index (κ3) is 2.72. The Hall–Kier alpha value is -1.36. The molecule has 0 aliphatic carbocycles. The Labute approximate surface area is 108 Å². The number of hydrogen-bond donors (Lipinski definition) is 1. The monoisotopic (exact) mass is 250 g/mol. The first-order valence-corrected chi connectivity index (χ1v) is 6.52. The van der Waals surface area contributed by atoms with Crippen LogP contribution in [0, 0.1) is 19.8 Å². The van der Waals surface area contributed by atoms with Crippen molar-refractivity contribution in [2.75, 3.05) is 13.1 Å². The molecule has 1 saturated heterocycles. The van der Waals surface area contributed by atoms with Crippen molar-refractivity contribution in [3.05, 3.63) is 17.5 Å². The van der Waals surface area contributed by atoms with Crippen molar-refractivity contribution in [3.63, 3.8) is 0 Å². The van der Waals surface area contributed by atoms with Crippen LogP contribution in [0.3, 0.4) is 0 Å². The Bertz CT molecular complexity index is 440. The number of rotatable bonds is 2. The highest BCUT2D eigenvalue weighted by Crippen LogP contribution is 2.16. The van der Waals surface area contributed by atoms with E-state index in [4.69, 9.17) is 5.73 Å². The van der Waals surface area contributed by atoms with Gasteiger partial charge in [0.2, 0.25) is 5.91 Å². The van der Waals surface area contributed by atoms with Crippen molar-refractivity contribution in [1.82, 2.24) is 14.7 Å². The maximum Gasteiger partial charge on any atom is 0.244 e. The third-order valence-corrected chi connectivity index (χ3v) is 3.76. The summed E-state index contributed by atoms with van der Waals surface area (Å²) in [4.78, 5) is 14.1. The van der Waals surface area contributed by atoms with Crippen LogP contribution >= 0.6 is 0 Å². The zero-order chi connectivity index (χ0) is 13.3. The molecule has 5 nitrogen and oxygen atoms in total. The van der Waals surface area contributed by atoms with E-state index in [0.29, 0.717) is 19.0 Å². The number of piperidine rings is 1. The summed E-state index contributed by atoms with van der Waals surface area (Å²) < 4.78 is 1.77. The Morgan fingerprint density at radius 3 is 2.83 bits per heavy atom. The van der Waals surface area contributed by atoms with Crippen LogP contribution in [0.4, 0.5) is 0 Å². The fourth-order valence-electron chi connectivity index (χ4n) is 2.39. The van der Waals surface area contributed by atoms with Crippen LogP contribution in [0.15, 0.2) is 6.07 Å². The number of likely N-dealkylation sites (tertiary alicyclic amines) is 1. The number of carbonyl (C=O) groups is 1. The molecule has 1 aliphatic rings. The standard InChI is InChI=1S/C13H22N4O/c1-9-4-5-16(7-12(9)14)13(18)8-17-11(3)6-10(2)15-17/h6,9,12H,4-5,7-8,14H2,1-3H3. The molecule has 0 bridgehead atoms. The van der Waals surface area contributed by atoms with Crippen LogP contribution in [0.1, 0.15) is 24.7 Å². The number of aryl methyl sites for hydroxylation is 2. The van der Waals surface area contributed by atoms with Gasteiger partial charge in [0.1, 0.15) is 6.54 Å². The number of nitrogens with two attached hydrogens (primary N) is 1. The van der Waals surface area contributed by atoms with Gasteiger partial charge in [0, 0.05) is 24.8 Å². The number of aromatic nitrogens is 2. The predicted octanol–water partition coefficient (Wildman–Crippen LogP) is 0.696. The lowest BCUT2D eigenvalue weighted by Gasteiger charge is -2.35. The Kier molecular flexibility index (Phi) is 3.71. The minimum Gasteiger partial charge on any atom is -0.340 e. The van der Waals surface area contributed by atoms with E-state index in [1.165, 1.54) is 0 Å². The van der Waals surface area contributed by atoms with E-state index in [0.717, 1.165) is 24.4 Å². The molecule has 100 valence electrons. The highest BCUT2D eigenvalue weighted by molar-refractivity contribution is 5.76. The van der Waals surface area contributed by atoms with Crippen molar-refractivity contribution in [2.24, 2.45) is 11.7 Å². The largest absolute Gasteiger partial charge is 0.340 e. The Balaban J connectivity index is 1.98. The van der Waals surface area contributed by atoms with Gasteiger partial charge in [-0.1, -0.05) is 6.92 Å². The minimum atomic E-state index is 0.100. The van der Waals surface area contributed by atoms with Gasteiger partial charge >= 0.3 is 0 Å². The molecule has 5 heteroatoms. The maximum atomic E-state index is 12.2. The van der Waals surface area contributed by atoms with E-state index in [1.807, 2.05) is 24.8 Å². The van der Waals surface area contributed by atoms with Crippen molar-refractivity contribution >= 4 is 5.91 Å². The topological polar surface area (TPSA) is 64.2 Å². The van der Waals surface area contributed by atoms with Crippen LogP contribution < -0.4 is 5.73 Å². The van der Waals surface area contributed by atoms with Gasteiger partial charge < -0.3 is 10.6 Å². The van der Waals surface area contributed by atoms with Gasteiger partial charge in [-0.25, -0.2) is 0 Å². The van der Waals surface area contributed by atoms with E-state index in [1.54, 1.807) is 4.68 Å². The second-order valence-corrected chi connectivity index (χ2v) is 5.35. The lowest BCUT2D eigenvalue weighted by Crippen LogP contribution is -2.50. The van der Waals surface area contributed by atoms with Gasteiger partial charge in [-0.15, -0.1) is 0 Å². The second-order valence-electron chi connectivity index (χ2n) is 5.35. The van der Waals surface area contributed by atoms with Crippen LogP contribution in [-0.2, 0) is 11.3 Å². The summed E-state index contributed by atoms with van der Waals surface area (Å²) in [6.07, 6.45) is 0.990. The molecule has 0 radical (unpaired) electrons. The van der Waals surface area contributed by atoms with Crippen LogP contribution in [0.2, 0.25) is 0 Å². The second kappa shape index (κ2) is 5.10. The molecule has 1 amide bonds. The molecule has 1 aromatic rings. The van der Waals surface area contributed by atoms with Crippen molar-refractivity contribution in [1.29, 1.82) is 0 Å². The predicted molar refractivity (Wildman–Crippen MR) is 70.0 cm³/mol. The number of carbonyl (C=O) groups excluding carboxylic acids is 1. The summed E-state index contributed by atoms with van der Waals surface area (Å²) in [5.74, 6) is 0.617. The summed E-state index contributed by atoms with van der Waals surface area (Å²) in [5.41, 5.74) is 7.99. The molecule has 18 heavy (non-hydrogen) atoms. The molecule has 2 rings (SSSR count). The average Bonchev–Trinajstić information content (AvgIpc) is 2.61. The van der Waals surface area contributed by atoms with Gasteiger partial charge in [-0.05, 0) is 32.3 Å². The lowest BCUT2D eigenvalue weighted by molar-refractivity contribution is -0.133. The fourth-order valence-corrected chi connectivity index (χ4v) is 2.39. The Morgan fingerprint density at radius 1 is 1.56 bits per heavy atom. The highest BCUT2D eigenvalue weighted by atomic mass is 16.2. The van der Waals surface area contributed by atoms with Crippen molar-refractivity contribution in [2.45, 2.75) is 39.8 Å². The zero-order valence-corrected chi connectivity index (χ0v) is 11.4. The molecule has 2 heterocycles. The molecule has 0 aromatic carbocycles. The molecular formula is C13H22N4O. The first-order chi connectivity index (χ1) is 8.47. The van der Waals surface area contributed by atoms with Gasteiger partial charge in [0.05, 0.1) is 5.69 Å². The number of nitrogens with zero attached hydrogens (tertiary/aromatic N) is 3. The first-order valence-electron chi connectivity index (χ1n) is 6.52. The fraction of sp³-hybridized carbons (Fsp3) is 0.692. The van der Waals surface area contributed by atoms with E-state index in [2.05, 4.69) is 12.0 Å². The minimum absolute atomic E-state index is 0.100. The molecular weight excluding hydrogens is 228 g/mol. The lowest BCUT2D eigenvalue weighted by atomic mass is 9.94. The molecule has 2 unspecified atom stereocenters. The van der Waals surface area contributed by atoms with Gasteiger partial charge in [-0.3, -0.25) is 9.48 Å². The Morgan fingerprint density at radius 2 is 2.28 bits per heavy atom. The number of hydrogen-bond acceptors (Lipinski definition) is 3. The smallest absolute Gasteiger partial charge is 0.244 e. The SMILES string of the molecule is Cc1cc(C)n(CC(=O)N2CCC(C)C(N)C2)n1. The van der Waals surface area contributed by atoms with E-state index < -0.39 is 0 Å². The molecule has 0 spiro atoms. The highest BCUT2D eigenvalue weighted by Gasteiger charge is 2.26. The summed E-state index contributed by atoms with van der Waals surface area (Å²) in [5, 5.41) is 4.32. The van der Waals surface area contributed by atoms with Crippen LogP contribution in [0.25, 0.3) is 0 Å². The third-order valence-electron chi connectivity index (χ3n) is 3.76. The summed E-state index contributed by atoms with van der Waals surface area (Å²) >= 11 is 0. The molecule has 0 saturated carbocycles.